The molecule has 0 aromatic heterocycles. The lowest BCUT2D eigenvalue weighted by Crippen LogP contribution is -2.35. The molecule has 1 heterocycles. The van der Waals surface area contributed by atoms with E-state index in [0.717, 1.165) is 0 Å². The van der Waals surface area contributed by atoms with Crippen LogP contribution in [0.1, 0.15) is 10.4 Å². The molecule has 1 aliphatic rings. The van der Waals surface area contributed by atoms with E-state index in [1.54, 1.807) is 30.3 Å². The molecule has 0 N–H and O–H groups in total. The summed E-state index contributed by atoms with van der Waals surface area (Å²) in [6.07, 6.45) is 0. The molecular weight excluding hydrogens is 364 g/mol. The van der Waals surface area contributed by atoms with E-state index in [4.69, 9.17) is 24.2 Å². The quantitative estimate of drug-likeness (QED) is 0.558. The van der Waals surface area contributed by atoms with Crippen molar-refractivity contribution in [3.8, 4) is 23.3 Å². The molecule has 3 rings (SSSR count). The molecule has 8 nitrogen and oxygen atoms in total. The molecule has 28 heavy (non-hydrogen) atoms. The van der Waals surface area contributed by atoms with Gasteiger partial charge in [0.15, 0.2) is 18.1 Å². The SMILES string of the molecule is COc1cc(C(=O)OCC(=O)N(CC#N)c2ccccc2)cc2c1OCCO2. The summed E-state index contributed by atoms with van der Waals surface area (Å²) in [6.45, 7) is 0.0770. The molecule has 0 spiro atoms. The molecule has 0 atom stereocenters. The van der Waals surface area contributed by atoms with Crippen molar-refractivity contribution in [1.29, 1.82) is 5.26 Å². The van der Waals surface area contributed by atoms with Crippen molar-refractivity contribution in [3.63, 3.8) is 0 Å². The largest absolute Gasteiger partial charge is 0.493 e. The smallest absolute Gasteiger partial charge is 0.338 e. The molecule has 8 heteroatoms. The molecule has 0 unspecified atom stereocenters. The van der Waals surface area contributed by atoms with Crippen molar-refractivity contribution in [3.05, 3.63) is 48.0 Å². The lowest BCUT2D eigenvalue weighted by molar-refractivity contribution is -0.121. The summed E-state index contributed by atoms with van der Waals surface area (Å²) in [5, 5.41) is 8.98. The minimum Gasteiger partial charge on any atom is -0.493 e. The van der Waals surface area contributed by atoms with E-state index in [1.165, 1.54) is 24.1 Å². The van der Waals surface area contributed by atoms with Crippen LogP contribution in [0.4, 0.5) is 5.69 Å². The first-order valence-corrected chi connectivity index (χ1v) is 8.51. The summed E-state index contributed by atoms with van der Waals surface area (Å²) in [7, 11) is 1.45. The fourth-order valence-corrected chi connectivity index (χ4v) is 2.68. The van der Waals surface area contributed by atoms with E-state index in [2.05, 4.69) is 0 Å². The van der Waals surface area contributed by atoms with E-state index in [0.29, 0.717) is 36.1 Å². The Morgan fingerprint density at radius 3 is 2.64 bits per heavy atom. The van der Waals surface area contributed by atoms with Gasteiger partial charge >= 0.3 is 5.97 Å². The highest BCUT2D eigenvalue weighted by atomic mass is 16.6. The number of para-hydroxylation sites is 1. The number of benzene rings is 2. The number of hydrogen-bond donors (Lipinski definition) is 0. The van der Waals surface area contributed by atoms with Gasteiger partial charge in [-0.2, -0.15) is 5.26 Å². The molecule has 0 saturated carbocycles. The van der Waals surface area contributed by atoms with Crippen molar-refractivity contribution in [1.82, 2.24) is 0 Å². The molecule has 144 valence electrons. The first-order valence-electron chi connectivity index (χ1n) is 8.51. The molecule has 2 aromatic carbocycles. The minimum absolute atomic E-state index is 0.155. The van der Waals surface area contributed by atoms with Crippen LogP contribution in [0.5, 0.6) is 17.2 Å². The maximum absolute atomic E-state index is 12.5. The summed E-state index contributed by atoms with van der Waals surface area (Å²) in [4.78, 5) is 26.1. The number of fused-ring (bicyclic) bond motifs is 1. The molecule has 0 bridgehead atoms. The third kappa shape index (κ3) is 4.15. The van der Waals surface area contributed by atoms with Gasteiger partial charge in [0.05, 0.1) is 18.7 Å². The lowest BCUT2D eigenvalue weighted by Gasteiger charge is -2.21. The zero-order valence-corrected chi connectivity index (χ0v) is 15.2. The van der Waals surface area contributed by atoms with Gasteiger partial charge in [-0.25, -0.2) is 4.79 Å². The van der Waals surface area contributed by atoms with Gasteiger partial charge in [-0.1, -0.05) is 18.2 Å². The van der Waals surface area contributed by atoms with E-state index in [1.807, 2.05) is 6.07 Å². The van der Waals surface area contributed by atoms with Crippen LogP contribution in [0.2, 0.25) is 0 Å². The molecule has 0 fully saturated rings. The molecule has 2 aromatic rings. The number of ether oxygens (including phenoxy) is 4. The van der Waals surface area contributed by atoms with Gasteiger partial charge in [0, 0.05) is 5.69 Å². The highest BCUT2D eigenvalue weighted by molar-refractivity contribution is 5.97. The van der Waals surface area contributed by atoms with Crippen LogP contribution < -0.4 is 19.1 Å². The van der Waals surface area contributed by atoms with Crippen molar-refractivity contribution in [2.45, 2.75) is 0 Å². The third-order valence-electron chi connectivity index (χ3n) is 3.99. The van der Waals surface area contributed by atoms with Crippen LogP contribution in [0.15, 0.2) is 42.5 Å². The minimum atomic E-state index is -0.714. The van der Waals surface area contributed by atoms with Crippen LogP contribution >= 0.6 is 0 Å². The van der Waals surface area contributed by atoms with E-state index >= 15 is 0 Å². The van der Waals surface area contributed by atoms with Crippen molar-refractivity contribution in [2.24, 2.45) is 0 Å². The molecule has 0 aliphatic carbocycles. The number of hydrogen-bond acceptors (Lipinski definition) is 7. The Morgan fingerprint density at radius 2 is 1.93 bits per heavy atom. The average molecular weight is 382 g/mol. The van der Waals surface area contributed by atoms with Gasteiger partial charge in [-0.05, 0) is 24.3 Å². The zero-order valence-electron chi connectivity index (χ0n) is 15.2. The maximum atomic E-state index is 12.5. The maximum Gasteiger partial charge on any atom is 0.338 e. The summed E-state index contributed by atoms with van der Waals surface area (Å²) in [6, 6.07) is 13.6. The number of nitrogens with zero attached hydrogens (tertiary/aromatic N) is 2. The first kappa shape index (κ1) is 19.0. The average Bonchev–Trinajstić information content (AvgIpc) is 2.75. The van der Waals surface area contributed by atoms with Crippen LogP contribution in [0.25, 0.3) is 0 Å². The fraction of sp³-hybridized carbons (Fsp3) is 0.250. The summed E-state index contributed by atoms with van der Waals surface area (Å²) < 4.78 is 21.3. The summed E-state index contributed by atoms with van der Waals surface area (Å²) in [5.74, 6) is -0.0880. The van der Waals surface area contributed by atoms with Gasteiger partial charge < -0.3 is 18.9 Å². The molecule has 0 radical (unpaired) electrons. The van der Waals surface area contributed by atoms with Gasteiger partial charge in [0.2, 0.25) is 5.75 Å². The number of carbonyl (C=O) groups excluding carboxylic acids is 2. The molecule has 1 aliphatic heterocycles. The number of nitriles is 1. The Kier molecular flexibility index (Phi) is 5.97. The Morgan fingerprint density at radius 1 is 1.18 bits per heavy atom. The van der Waals surface area contributed by atoms with Gasteiger partial charge in [-0.3, -0.25) is 9.69 Å². The standard InChI is InChI=1S/C20H18N2O6/c1-25-16-11-14(12-17-19(16)27-10-9-26-17)20(24)28-13-18(23)22(8-7-21)15-5-3-2-4-6-15/h2-6,11-12H,8-10,13H2,1H3. The van der Waals surface area contributed by atoms with Gasteiger partial charge in [-0.15, -0.1) is 0 Å². The van der Waals surface area contributed by atoms with Crippen LogP contribution in [0, 0.1) is 11.3 Å². The molecule has 1 amide bonds. The van der Waals surface area contributed by atoms with E-state index in [9.17, 15) is 9.59 Å². The van der Waals surface area contributed by atoms with E-state index in [-0.39, 0.29) is 12.1 Å². The van der Waals surface area contributed by atoms with Gasteiger partial charge in [0.25, 0.3) is 5.91 Å². The number of carbonyl (C=O) groups is 2. The van der Waals surface area contributed by atoms with Crippen molar-refractivity contribution < 1.29 is 28.5 Å². The van der Waals surface area contributed by atoms with Gasteiger partial charge in [0.1, 0.15) is 19.8 Å². The summed E-state index contributed by atoms with van der Waals surface area (Å²) in [5.41, 5.74) is 0.714. The number of amides is 1. The fourth-order valence-electron chi connectivity index (χ4n) is 2.68. The number of anilines is 1. The second-order valence-corrected chi connectivity index (χ2v) is 5.75. The predicted molar refractivity (Wildman–Crippen MR) is 98.7 cm³/mol. The molecular formula is C20H18N2O6. The Labute approximate surface area is 161 Å². The molecule has 0 saturated heterocycles. The summed E-state index contributed by atoms with van der Waals surface area (Å²) >= 11 is 0. The van der Waals surface area contributed by atoms with Crippen molar-refractivity contribution >= 4 is 17.6 Å². The third-order valence-corrected chi connectivity index (χ3v) is 3.99. The Balaban J connectivity index is 1.71. The topological polar surface area (TPSA) is 98.1 Å². The van der Waals surface area contributed by atoms with Crippen LogP contribution in [-0.2, 0) is 9.53 Å². The van der Waals surface area contributed by atoms with Crippen molar-refractivity contribution in [2.75, 3.05) is 38.4 Å². The highest BCUT2D eigenvalue weighted by Gasteiger charge is 2.23. The predicted octanol–water partition coefficient (Wildman–Crippen LogP) is 2.18. The van der Waals surface area contributed by atoms with Crippen LogP contribution in [-0.4, -0.2) is 45.4 Å². The second kappa shape index (κ2) is 8.77. The highest BCUT2D eigenvalue weighted by Crippen LogP contribution is 2.40. The second-order valence-electron chi connectivity index (χ2n) is 5.75. The Hall–Kier alpha value is -3.73. The van der Waals surface area contributed by atoms with E-state index < -0.39 is 18.5 Å². The lowest BCUT2D eigenvalue weighted by atomic mass is 10.1. The number of rotatable bonds is 6. The normalized spacial score (nSPS) is 11.9. The number of methoxy groups -OCH3 is 1. The Bertz CT molecular complexity index is 890. The van der Waals surface area contributed by atoms with Crippen LogP contribution in [0.3, 0.4) is 0 Å². The number of esters is 1. The monoisotopic (exact) mass is 382 g/mol. The first-order chi connectivity index (χ1) is 13.6. The zero-order chi connectivity index (χ0) is 19.9.